The van der Waals surface area contributed by atoms with Gasteiger partial charge in [-0.1, -0.05) is 35.0 Å². The molecular formula is C19H21BrN2O3. The number of ether oxygens (including phenoxy) is 1. The minimum absolute atomic E-state index is 0.209. The molecule has 0 heterocycles. The highest BCUT2D eigenvalue weighted by atomic mass is 79.9. The highest BCUT2D eigenvalue weighted by Crippen LogP contribution is 2.19. The largest absolute Gasteiger partial charge is 0.481 e. The zero-order chi connectivity index (χ0) is 18.2. The van der Waals surface area contributed by atoms with Crippen molar-refractivity contribution < 1.29 is 14.3 Å². The van der Waals surface area contributed by atoms with Crippen molar-refractivity contribution >= 4 is 33.4 Å². The molecule has 0 radical (unpaired) electrons. The molecular weight excluding hydrogens is 384 g/mol. The van der Waals surface area contributed by atoms with Crippen LogP contribution in [0, 0.1) is 0 Å². The average Bonchev–Trinajstić information content (AvgIpc) is 2.62. The van der Waals surface area contributed by atoms with Crippen LogP contribution >= 0.6 is 15.9 Å². The number of anilines is 1. The Morgan fingerprint density at radius 3 is 2.48 bits per heavy atom. The second-order valence-electron chi connectivity index (χ2n) is 5.50. The van der Waals surface area contributed by atoms with Gasteiger partial charge in [-0.05, 0) is 49.7 Å². The normalized spacial score (nSPS) is 11.5. The van der Waals surface area contributed by atoms with Crippen LogP contribution in [0.15, 0.2) is 53.0 Å². The Kier molecular flexibility index (Phi) is 7.01. The summed E-state index contributed by atoms with van der Waals surface area (Å²) >= 11 is 3.35. The van der Waals surface area contributed by atoms with Crippen molar-refractivity contribution in [3.8, 4) is 5.75 Å². The summed E-state index contributed by atoms with van der Waals surface area (Å²) in [6, 6.07) is 14.2. The summed E-state index contributed by atoms with van der Waals surface area (Å²) < 4.78 is 6.57. The van der Waals surface area contributed by atoms with Gasteiger partial charge in [-0.25, -0.2) is 0 Å². The van der Waals surface area contributed by atoms with E-state index in [1.165, 1.54) is 0 Å². The molecule has 0 saturated carbocycles. The molecule has 0 saturated heterocycles. The van der Waals surface area contributed by atoms with Crippen LogP contribution in [-0.2, 0) is 4.79 Å². The van der Waals surface area contributed by atoms with Crippen LogP contribution in [0.4, 0.5) is 5.69 Å². The van der Waals surface area contributed by atoms with Gasteiger partial charge in [0.25, 0.3) is 11.8 Å². The first kappa shape index (κ1) is 19.0. The fourth-order valence-electron chi connectivity index (χ4n) is 2.13. The number of carbonyl (C=O) groups excluding carboxylic acids is 2. The van der Waals surface area contributed by atoms with E-state index in [1.54, 1.807) is 43.3 Å². The summed E-state index contributed by atoms with van der Waals surface area (Å²) in [5.74, 6) is 0.0673. The number of para-hydroxylation sites is 1. The first-order valence-corrected chi connectivity index (χ1v) is 8.91. The third kappa shape index (κ3) is 5.60. The first-order valence-electron chi connectivity index (χ1n) is 8.11. The Bertz CT molecular complexity index is 732. The molecule has 6 heteroatoms. The minimum atomic E-state index is -0.701. The van der Waals surface area contributed by atoms with Gasteiger partial charge in [0, 0.05) is 11.0 Å². The summed E-state index contributed by atoms with van der Waals surface area (Å²) in [7, 11) is 0. The minimum Gasteiger partial charge on any atom is -0.481 e. The van der Waals surface area contributed by atoms with E-state index in [2.05, 4.69) is 26.6 Å². The maximum absolute atomic E-state index is 12.4. The van der Waals surface area contributed by atoms with Crippen molar-refractivity contribution in [1.29, 1.82) is 0 Å². The molecule has 2 aromatic carbocycles. The van der Waals surface area contributed by atoms with Crippen molar-refractivity contribution in [2.45, 2.75) is 26.4 Å². The van der Waals surface area contributed by atoms with Gasteiger partial charge in [-0.2, -0.15) is 0 Å². The van der Waals surface area contributed by atoms with Crippen molar-refractivity contribution in [1.82, 2.24) is 5.32 Å². The number of hydrogen-bond donors (Lipinski definition) is 2. The molecule has 2 N–H and O–H groups in total. The van der Waals surface area contributed by atoms with Gasteiger partial charge in [-0.15, -0.1) is 0 Å². The number of benzene rings is 2. The van der Waals surface area contributed by atoms with E-state index in [4.69, 9.17) is 4.74 Å². The van der Waals surface area contributed by atoms with Crippen LogP contribution in [0.2, 0.25) is 0 Å². The second kappa shape index (κ2) is 9.22. The lowest BCUT2D eigenvalue weighted by molar-refractivity contribution is -0.122. The molecule has 0 aliphatic carbocycles. The molecule has 132 valence electrons. The summed E-state index contributed by atoms with van der Waals surface area (Å²) in [5.41, 5.74) is 0.896. The summed E-state index contributed by atoms with van der Waals surface area (Å²) in [4.78, 5) is 24.6. The number of carbonyl (C=O) groups is 2. The van der Waals surface area contributed by atoms with Crippen LogP contribution in [0.1, 0.15) is 30.6 Å². The van der Waals surface area contributed by atoms with E-state index < -0.39 is 6.10 Å². The number of halogens is 1. The summed E-state index contributed by atoms with van der Waals surface area (Å²) in [6.45, 7) is 4.23. The summed E-state index contributed by atoms with van der Waals surface area (Å²) in [6.07, 6.45) is 0.145. The maximum atomic E-state index is 12.4. The van der Waals surface area contributed by atoms with Crippen LogP contribution < -0.4 is 15.4 Å². The quantitative estimate of drug-likeness (QED) is 0.732. The molecule has 0 aliphatic heterocycles. The molecule has 0 bridgehead atoms. The van der Waals surface area contributed by atoms with Gasteiger partial charge in [0.05, 0.1) is 11.3 Å². The van der Waals surface area contributed by atoms with Gasteiger partial charge in [0.1, 0.15) is 5.75 Å². The smallest absolute Gasteiger partial charge is 0.265 e. The van der Waals surface area contributed by atoms with E-state index in [-0.39, 0.29) is 11.8 Å². The molecule has 1 unspecified atom stereocenters. The molecule has 2 amide bonds. The molecule has 5 nitrogen and oxygen atoms in total. The zero-order valence-corrected chi connectivity index (χ0v) is 15.8. The molecule has 0 fully saturated rings. The number of hydrogen-bond acceptors (Lipinski definition) is 3. The van der Waals surface area contributed by atoms with Crippen molar-refractivity contribution in [2.24, 2.45) is 0 Å². The van der Waals surface area contributed by atoms with Crippen molar-refractivity contribution in [3.63, 3.8) is 0 Å². The number of amides is 2. The molecule has 0 spiro atoms. The predicted molar refractivity (Wildman–Crippen MR) is 102 cm³/mol. The number of nitrogens with one attached hydrogen (secondary N) is 2. The average molecular weight is 405 g/mol. The Morgan fingerprint density at radius 2 is 1.80 bits per heavy atom. The van der Waals surface area contributed by atoms with Crippen LogP contribution in [0.3, 0.4) is 0 Å². The van der Waals surface area contributed by atoms with E-state index in [0.29, 0.717) is 23.5 Å². The van der Waals surface area contributed by atoms with Gasteiger partial charge in [0.15, 0.2) is 6.10 Å². The van der Waals surface area contributed by atoms with E-state index in [0.717, 1.165) is 10.9 Å². The Hall–Kier alpha value is -2.34. The van der Waals surface area contributed by atoms with Gasteiger partial charge < -0.3 is 15.4 Å². The SMILES string of the molecule is CCCNC(=O)c1ccccc1NC(=O)C(C)Oc1ccc(Br)cc1. The lowest BCUT2D eigenvalue weighted by Gasteiger charge is -2.16. The second-order valence-corrected chi connectivity index (χ2v) is 6.42. The monoisotopic (exact) mass is 404 g/mol. The topological polar surface area (TPSA) is 67.4 Å². The van der Waals surface area contributed by atoms with Gasteiger partial charge >= 0.3 is 0 Å². The molecule has 25 heavy (non-hydrogen) atoms. The molecule has 0 aliphatic rings. The molecule has 2 aromatic rings. The highest BCUT2D eigenvalue weighted by Gasteiger charge is 2.18. The Morgan fingerprint density at radius 1 is 1.12 bits per heavy atom. The zero-order valence-electron chi connectivity index (χ0n) is 14.2. The third-order valence-electron chi connectivity index (χ3n) is 3.46. The van der Waals surface area contributed by atoms with Crippen LogP contribution in [0.5, 0.6) is 5.75 Å². The fraction of sp³-hybridized carbons (Fsp3) is 0.263. The number of rotatable bonds is 7. The van der Waals surface area contributed by atoms with Gasteiger partial charge in [-0.3, -0.25) is 9.59 Å². The van der Waals surface area contributed by atoms with E-state index in [1.807, 2.05) is 19.1 Å². The van der Waals surface area contributed by atoms with Crippen molar-refractivity contribution in [2.75, 3.05) is 11.9 Å². The van der Waals surface area contributed by atoms with Crippen LogP contribution in [-0.4, -0.2) is 24.5 Å². The van der Waals surface area contributed by atoms with Gasteiger partial charge in [0.2, 0.25) is 0 Å². The van der Waals surface area contributed by atoms with Crippen LogP contribution in [0.25, 0.3) is 0 Å². The summed E-state index contributed by atoms with van der Waals surface area (Å²) in [5, 5.41) is 5.58. The van der Waals surface area contributed by atoms with Crippen molar-refractivity contribution in [3.05, 3.63) is 58.6 Å². The predicted octanol–water partition coefficient (Wildman–Crippen LogP) is 3.99. The fourth-order valence-corrected chi connectivity index (χ4v) is 2.39. The standard InChI is InChI=1S/C19H21BrN2O3/c1-3-12-21-19(24)16-6-4-5-7-17(16)22-18(23)13(2)25-15-10-8-14(20)9-11-15/h4-11,13H,3,12H2,1-2H3,(H,21,24)(H,22,23). The lowest BCUT2D eigenvalue weighted by Crippen LogP contribution is -2.31. The molecule has 1 atom stereocenters. The molecule has 0 aromatic heterocycles. The first-order chi connectivity index (χ1) is 12.0. The highest BCUT2D eigenvalue weighted by molar-refractivity contribution is 9.10. The lowest BCUT2D eigenvalue weighted by atomic mass is 10.1. The Labute approximate surface area is 155 Å². The Balaban J connectivity index is 2.04. The van der Waals surface area contributed by atoms with E-state index in [9.17, 15) is 9.59 Å². The molecule has 2 rings (SSSR count). The van der Waals surface area contributed by atoms with E-state index >= 15 is 0 Å². The third-order valence-corrected chi connectivity index (χ3v) is 3.99. The maximum Gasteiger partial charge on any atom is 0.265 e.